The highest BCUT2D eigenvalue weighted by Crippen LogP contribution is 2.30. The Morgan fingerprint density at radius 1 is 1.09 bits per heavy atom. The summed E-state index contributed by atoms with van der Waals surface area (Å²) in [6.07, 6.45) is 0. The quantitative estimate of drug-likeness (QED) is 0.379. The fourth-order valence-electron chi connectivity index (χ4n) is 2.97. The highest BCUT2D eigenvalue weighted by atomic mass is 16.6. The SMILES string of the molecule is CC(C)(C#N)c1cccc(C(=O)Nc2cccc(Oc3ccc([N+](=O)[O-])cc3C(=O)O)c2)c1. The van der Waals surface area contributed by atoms with Crippen LogP contribution >= 0.6 is 0 Å². The van der Waals surface area contributed by atoms with Crippen LogP contribution in [0.1, 0.15) is 40.1 Å². The summed E-state index contributed by atoms with van der Waals surface area (Å²) in [5.74, 6) is -1.63. The Morgan fingerprint density at radius 2 is 1.82 bits per heavy atom. The van der Waals surface area contributed by atoms with Crippen molar-refractivity contribution in [2.75, 3.05) is 5.32 Å². The fourth-order valence-corrected chi connectivity index (χ4v) is 2.97. The largest absolute Gasteiger partial charge is 0.478 e. The minimum Gasteiger partial charge on any atom is -0.478 e. The summed E-state index contributed by atoms with van der Waals surface area (Å²) in [6, 6.07) is 18.5. The van der Waals surface area contributed by atoms with E-state index in [0.29, 0.717) is 16.8 Å². The average Bonchev–Trinajstić information content (AvgIpc) is 2.79. The number of nitro benzene ring substituents is 1. The van der Waals surface area contributed by atoms with Gasteiger partial charge < -0.3 is 15.2 Å². The molecule has 0 aliphatic carbocycles. The van der Waals surface area contributed by atoms with Gasteiger partial charge in [-0.3, -0.25) is 14.9 Å². The molecule has 0 radical (unpaired) electrons. The van der Waals surface area contributed by atoms with Crippen molar-refractivity contribution in [1.29, 1.82) is 5.26 Å². The molecule has 0 unspecified atom stereocenters. The lowest BCUT2D eigenvalue weighted by Gasteiger charge is -2.16. The van der Waals surface area contributed by atoms with E-state index in [1.165, 1.54) is 12.1 Å². The van der Waals surface area contributed by atoms with Crippen LogP contribution in [0.2, 0.25) is 0 Å². The van der Waals surface area contributed by atoms with Crippen LogP contribution in [0.15, 0.2) is 66.7 Å². The summed E-state index contributed by atoms with van der Waals surface area (Å²) in [6.45, 7) is 3.52. The molecule has 0 heterocycles. The van der Waals surface area contributed by atoms with E-state index in [4.69, 9.17) is 4.74 Å². The number of carboxylic acid groups (broad SMARTS) is 1. The molecule has 166 valence electrons. The van der Waals surface area contributed by atoms with E-state index >= 15 is 0 Å². The number of carbonyl (C=O) groups is 2. The van der Waals surface area contributed by atoms with Crippen LogP contribution in [0.4, 0.5) is 11.4 Å². The van der Waals surface area contributed by atoms with Gasteiger partial charge in [-0.25, -0.2) is 4.79 Å². The van der Waals surface area contributed by atoms with Crippen molar-refractivity contribution < 1.29 is 24.4 Å². The zero-order valence-electron chi connectivity index (χ0n) is 17.7. The van der Waals surface area contributed by atoms with Crippen molar-refractivity contribution in [3.63, 3.8) is 0 Å². The van der Waals surface area contributed by atoms with Crippen LogP contribution in [0.5, 0.6) is 11.5 Å². The van der Waals surface area contributed by atoms with Gasteiger partial charge >= 0.3 is 5.97 Å². The second-order valence-electron chi connectivity index (χ2n) is 7.64. The van der Waals surface area contributed by atoms with Crippen LogP contribution in [0.3, 0.4) is 0 Å². The number of aromatic carboxylic acids is 1. The average molecular weight is 445 g/mol. The molecule has 3 aromatic rings. The van der Waals surface area contributed by atoms with E-state index in [1.54, 1.807) is 56.3 Å². The van der Waals surface area contributed by atoms with Gasteiger partial charge in [0.25, 0.3) is 11.6 Å². The van der Waals surface area contributed by atoms with E-state index in [0.717, 1.165) is 12.1 Å². The Labute approximate surface area is 189 Å². The number of nitrogens with one attached hydrogen (secondary N) is 1. The van der Waals surface area contributed by atoms with Crippen molar-refractivity contribution in [3.8, 4) is 17.6 Å². The van der Waals surface area contributed by atoms with Gasteiger partial charge in [0.1, 0.15) is 17.1 Å². The lowest BCUT2D eigenvalue weighted by molar-refractivity contribution is -0.384. The van der Waals surface area contributed by atoms with Gasteiger partial charge in [-0.1, -0.05) is 18.2 Å². The van der Waals surface area contributed by atoms with Gasteiger partial charge in [-0.15, -0.1) is 0 Å². The highest BCUT2D eigenvalue weighted by molar-refractivity contribution is 6.04. The Kier molecular flexibility index (Phi) is 6.40. The third-order valence-electron chi connectivity index (χ3n) is 4.85. The monoisotopic (exact) mass is 445 g/mol. The van der Waals surface area contributed by atoms with Crippen LogP contribution in [0.25, 0.3) is 0 Å². The molecule has 0 aliphatic rings. The maximum absolute atomic E-state index is 12.7. The zero-order chi connectivity index (χ0) is 24.2. The Morgan fingerprint density at radius 3 is 2.48 bits per heavy atom. The standard InChI is InChI=1S/C24H19N3O6/c1-24(2,14-25)16-6-3-5-15(11-16)22(28)26-17-7-4-8-19(12-17)33-21-10-9-18(27(31)32)13-20(21)23(29)30/h3-13H,1-2H3,(H,26,28)(H,29,30). The summed E-state index contributed by atoms with van der Waals surface area (Å²) < 4.78 is 5.62. The van der Waals surface area contributed by atoms with Gasteiger partial charge in [-0.2, -0.15) is 5.26 Å². The minimum absolute atomic E-state index is 0.0805. The van der Waals surface area contributed by atoms with Crippen molar-refractivity contribution in [1.82, 2.24) is 0 Å². The number of carboxylic acids is 1. The summed E-state index contributed by atoms with van der Waals surface area (Å²) in [4.78, 5) is 34.4. The minimum atomic E-state index is -1.38. The third kappa shape index (κ3) is 5.32. The van der Waals surface area contributed by atoms with Crippen molar-refractivity contribution in [2.24, 2.45) is 0 Å². The first-order valence-corrected chi connectivity index (χ1v) is 9.73. The number of benzene rings is 3. The van der Waals surface area contributed by atoms with Crippen molar-refractivity contribution >= 4 is 23.3 Å². The summed E-state index contributed by atoms with van der Waals surface area (Å²) in [7, 11) is 0. The number of anilines is 1. The number of ether oxygens (including phenoxy) is 1. The molecule has 0 aliphatic heterocycles. The van der Waals surface area contributed by atoms with Gasteiger partial charge in [0.05, 0.1) is 16.4 Å². The number of hydrogen-bond acceptors (Lipinski definition) is 6. The number of nitriles is 1. The Balaban J connectivity index is 1.82. The first-order chi connectivity index (χ1) is 15.6. The molecule has 0 saturated heterocycles. The number of nitrogens with zero attached hydrogens (tertiary/aromatic N) is 2. The molecule has 0 spiro atoms. The van der Waals surface area contributed by atoms with E-state index in [9.17, 15) is 30.1 Å². The van der Waals surface area contributed by atoms with Crippen LogP contribution in [-0.2, 0) is 5.41 Å². The lowest BCUT2D eigenvalue weighted by Crippen LogP contribution is -2.17. The molecule has 0 aromatic heterocycles. The summed E-state index contributed by atoms with van der Waals surface area (Å²) in [5, 5.41) is 32.3. The fraction of sp³-hybridized carbons (Fsp3) is 0.125. The number of non-ortho nitro benzene ring substituents is 1. The van der Waals surface area contributed by atoms with Crippen LogP contribution < -0.4 is 10.1 Å². The van der Waals surface area contributed by atoms with Crippen molar-refractivity contribution in [3.05, 3.63) is 93.5 Å². The predicted octanol–water partition coefficient (Wildman–Crippen LogP) is 5.14. The van der Waals surface area contributed by atoms with Crippen LogP contribution in [-0.4, -0.2) is 21.9 Å². The molecular formula is C24H19N3O6. The van der Waals surface area contributed by atoms with Gasteiger partial charge in [0.15, 0.2) is 0 Å². The van der Waals surface area contributed by atoms with Gasteiger partial charge in [-0.05, 0) is 49.7 Å². The van der Waals surface area contributed by atoms with Gasteiger partial charge in [0, 0.05) is 29.4 Å². The smallest absolute Gasteiger partial charge is 0.339 e. The number of rotatable bonds is 7. The van der Waals surface area contributed by atoms with E-state index in [1.807, 2.05) is 0 Å². The number of carbonyl (C=O) groups excluding carboxylic acids is 1. The molecule has 3 rings (SSSR count). The molecule has 9 heteroatoms. The molecule has 0 atom stereocenters. The molecule has 2 N–H and O–H groups in total. The predicted molar refractivity (Wildman–Crippen MR) is 120 cm³/mol. The normalized spacial score (nSPS) is 10.7. The molecule has 0 fully saturated rings. The molecule has 0 bridgehead atoms. The molecule has 3 aromatic carbocycles. The van der Waals surface area contributed by atoms with Gasteiger partial charge in [0.2, 0.25) is 0 Å². The Bertz CT molecular complexity index is 1290. The highest BCUT2D eigenvalue weighted by Gasteiger charge is 2.21. The maximum Gasteiger partial charge on any atom is 0.339 e. The van der Waals surface area contributed by atoms with E-state index < -0.39 is 22.2 Å². The molecule has 9 nitrogen and oxygen atoms in total. The molecule has 33 heavy (non-hydrogen) atoms. The number of amides is 1. The first-order valence-electron chi connectivity index (χ1n) is 9.73. The van der Waals surface area contributed by atoms with Crippen LogP contribution in [0, 0.1) is 21.4 Å². The zero-order valence-corrected chi connectivity index (χ0v) is 17.7. The molecule has 0 saturated carbocycles. The van der Waals surface area contributed by atoms with Crippen molar-refractivity contribution in [2.45, 2.75) is 19.3 Å². The maximum atomic E-state index is 12.7. The molecule has 1 amide bonds. The first kappa shape index (κ1) is 23.0. The summed E-state index contributed by atoms with van der Waals surface area (Å²) >= 11 is 0. The number of nitro groups is 1. The topological polar surface area (TPSA) is 143 Å². The number of hydrogen-bond donors (Lipinski definition) is 2. The third-order valence-corrected chi connectivity index (χ3v) is 4.85. The second-order valence-corrected chi connectivity index (χ2v) is 7.64. The lowest BCUT2D eigenvalue weighted by atomic mass is 9.85. The molecular weight excluding hydrogens is 426 g/mol. The summed E-state index contributed by atoms with van der Waals surface area (Å²) in [5.41, 5.74) is -0.0319. The Hall–Kier alpha value is -4.71. The van der Waals surface area contributed by atoms with E-state index in [2.05, 4.69) is 11.4 Å². The van der Waals surface area contributed by atoms with E-state index in [-0.39, 0.29) is 22.7 Å². The second kappa shape index (κ2) is 9.20.